The molecule has 1 saturated heterocycles. The molecule has 0 saturated carbocycles. The minimum absolute atomic E-state index is 0.0235. The molecule has 5 rings (SSSR count). The summed E-state index contributed by atoms with van der Waals surface area (Å²) in [5, 5.41) is 4.33. The van der Waals surface area contributed by atoms with Crippen LogP contribution in [-0.2, 0) is 0 Å². The molecule has 0 bridgehead atoms. The van der Waals surface area contributed by atoms with Gasteiger partial charge in [0.2, 0.25) is 0 Å². The number of aryl methyl sites for hydroxylation is 5. The number of nitrogens with one attached hydrogen (secondary N) is 1. The predicted octanol–water partition coefficient (Wildman–Crippen LogP) is 6.90. The lowest BCUT2D eigenvalue weighted by Crippen LogP contribution is -2.29. The van der Waals surface area contributed by atoms with Crippen LogP contribution in [0.1, 0.15) is 57.0 Å². The van der Waals surface area contributed by atoms with E-state index in [1.807, 2.05) is 18.3 Å². The average Bonchev–Trinajstić information content (AvgIpc) is 3.33. The Morgan fingerprint density at radius 2 is 1.60 bits per heavy atom. The number of hydrogen-bond donors (Lipinski definition) is 1. The maximum absolute atomic E-state index is 5.95. The summed E-state index contributed by atoms with van der Waals surface area (Å²) in [6.07, 6.45) is 1.86. The Hall–Kier alpha value is -3.44. The maximum Gasteiger partial charge on any atom is 0.174 e. The summed E-state index contributed by atoms with van der Waals surface area (Å²) in [6.45, 7) is 13.0. The number of anilines is 1. The van der Waals surface area contributed by atoms with Crippen LogP contribution in [0.4, 0.5) is 5.69 Å². The van der Waals surface area contributed by atoms with Gasteiger partial charge in [-0.15, -0.1) is 0 Å². The summed E-state index contributed by atoms with van der Waals surface area (Å²) in [6, 6.07) is 21.6. The molecule has 35 heavy (non-hydrogen) atoms. The van der Waals surface area contributed by atoms with Gasteiger partial charge in [0.15, 0.2) is 5.11 Å². The van der Waals surface area contributed by atoms with Crippen LogP contribution in [0, 0.1) is 41.5 Å². The van der Waals surface area contributed by atoms with E-state index in [2.05, 4.69) is 105 Å². The van der Waals surface area contributed by atoms with E-state index in [0.29, 0.717) is 0 Å². The zero-order chi connectivity index (χ0) is 24.9. The normalized spacial score (nSPS) is 17.7. The molecule has 1 N–H and O–H groups in total. The molecule has 0 amide bonds. The highest BCUT2D eigenvalue weighted by atomic mass is 32.1. The van der Waals surface area contributed by atoms with E-state index in [9.17, 15) is 0 Å². The summed E-state index contributed by atoms with van der Waals surface area (Å²) < 4.78 is 2.38. The summed E-state index contributed by atoms with van der Waals surface area (Å²) in [5.41, 5.74) is 12.1. The lowest BCUT2D eigenvalue weighted by atomic mass is 9.96. The molecule has 1 aliphatic rings. The zero-order valence-corrected chi connectivity index (χ0v) is 22.1. The predicted molar refractivity (Wildman–Crippen MR) is 149 cm³/mol. The van der Waals surface area contributed by atoms with Crippen molar-refractivity contribution in [3.05, 3.63) is 112 Å². The first-order valence-corrected chi connectivity index (χ1v) is 12.5. The number of rotatable bonds is 4. The molecule has 2 aromatic heterocycles. The lowest BCUT2D eigenvalue weighted by Gasteiger charge is -2.28. The van der Waals surface area contributed by atoms with E-state index in [4.69, 9.17) is 17.2 Å². The first-order chi connectivity index (χ1) is 16.8. The fourth-order valence-corrected chi connectivity index (χ4v) is 5.59. The van der Waals surface area contributed by atoms with Crippen LogP contribution in [0.25, 0.3) is 5.69 Å². The van der Waals surface area contributed by atoms with Gasteiger partial charge in [0.05, 0.1) is 17.8 Å². The van der Waals surface area contributed by atoms with Crippen molar-refractivity contribution in [1.82, 2.24) is 14.9 Å². The van der Waals surface area contributed by atoms with Crippen molar-refractivity contribution >= 4 is 23.0 Å². The third-order valence-electron chi connectivity index (χ3n) is 7.26. The van der Waals surface area contributed by atoms with Crippen LogP contribution in [-0.4, -0.2) is 14.7 Å². The summed E-state index contributed by atoms with van der Waals surface area (Å²) >= 11 is 5.95. The van der Waals surface area contributed by atoms with E-state index < -0.39 is 0 Å². The highest BCUT2D eigenvalue weighted by Crippen LogP contribution is 2.44. The Morgan fingerprint density at radius 1 is 0.829 bits per heavy atom. The molecule has 4 aromatic rings. The van der Waals surface area contributed by atoms with Gasteiger partial charge in [-0.2, -0.15) is 0 Å². The first-order valence-electron chi connectivity index (χ1n) is 12.1. The van der Waals surface area contributed by atoms with Crippen molar-refractivity contribution in [1.29, 1.82) is 0 Å². The number of benzene rings is 2. The van der Waals surface area contributed by atoms with Gasteiger partial charge in [-0.3, -0.25) is 4.98 Å². The molecule has 5 heteroatoms. The third-order valence-corrected chi connectivity index (χ3v) is 7.58. The standard InChI is InChI=1S/C30H32N4S/c1-18-10-11-20(3)27(15-18)33-22(5)17-25(23(33)6)29-28(26-9-7-8-14-31-26)32-30(35)34(29)24-13-12-19(2)21(4)16-24/h7-17,28-29H,1-6H3,(H,32,35)/t28-,29-/m1/s1. The third kappa shape index (κ3) is 4.04. The van der Waals surface area contributed by atoms with Gasteiger partial charge in [-0.1, -0.05) is 24.3 Å². The van der Waals surface area contributed by atoms with E-state index in [-0.39, 0.29) is 12.1 Å². The van der Waals surface area contributed by atoms with Gasteiger partial charge < -0.3 is 14.8 Å². The van der Waals surface area contributed by atoms with Crippen LogP contribution in [0.3, 0.4) is 0 Å². The number of nitrogens with zero attached hydrogens (tertiary/aromatic N) is 3. The Bertz CT molecular complexity index is 1420. The van der Waals surface area contributed by atoms with E-state index in [0.717, 1.165) is 16.5 Å². The molecular formula is C30H32N4S. The van der Waals surface area contributed by atoms with Crippen LogP contribution in [0.15, 0.2) is 66.9 Å². The molecule has 1 fully saturated rings. The lowest BCUT2D eigenvalue weighted by molar-refractivity contribution is 0.565. The number of pyridine rings is 1. The van der Waals surface area contributed by atoms with Crippen molar-refractivity contribution in [2.75, 3.05) is 4.90 Å². The second-order valence-electron chi connectivity index (χ2n) is 9.72. The van der Waals surface area contributed by atoms with Gasteiger partial charge in [0.1, 0.15) is 0 Å². The Kier molecular flexibility index (Phi) is 5.97. The molecule has 4 nitrogen and oxygen atoms in total. The molecule has 178 valence electrons. The van der Waals surface area contributed by atoms with Crippen molar-refractivity contribution in [2.24, 2.45) is 0 Å². The number of thiocarbonyl (C=S) groups is 1. The summed E-state index contributed by atoms with van der Waals surface area (Å²) in [4.78, 5) is 6.99. The van der Waals surface area contributed by atoms with Crippen LogP contribution in [0.5, 0.6) is 0 Å². The highest BCUT2D eigenvalue weighted by molar-refractivity contribution is 7.80. The Balaban J connectivity index is 1.71. The summed E-state index contributed by atoms with van der Waals surface area (Å²) in [5.74, 6) is 0. The second-order valence-corrected chi connectivity index (χ2v) is 10.1. The van der Waals surface area contributed by atoms with Crippen LogP contribution >= 0.6 is 12.2 Å². The minimum Gasteiger partial charge on any atom is -0.351 e. The van der Waals surface area contributed by atoms with Gasteiger partial charge >= 0.3 is 0 Å². The Labute approximate surface area is 213 Å². The minimum atomic E-state index is -0.0575. The van der Waals surface area contributed by atoms with Crippen LogP contribution < -0.4 is 10.2 Å². The van der Waals surface area contributed by atoms with Gasteiger partial charge in [-0.25, -0.2) is 0 Å². The van der Waals surface area contributed by atoms with Crippen molar-refractivity contribution in [2.45, 2.75) is 53.6 Å². The van der Waals surface area contributed by atoms with Crippen molar-refractivity contribution in [3.8, 4) is 5.69 Å². The number of aromatic nitrogens is 2. The molecule has 0 aliphatic carbocycles. The molecule has 0 unspecified atom stereocenters. The van der Waals surface area contributed by atoms with E-state index >= 15 is 0 Å². The Morgan fingerprint density at radius 3 is 2.31 bits per heavy atom. The maximum atomic E-state index is 5.95. The molecule has 1 aliphatic heterocycles. The molecule has 2 aromatic carbocycles. The van der Waals surface area contributed by atoms with E-state index in [1.165, 1.54) is 44.9 Å². The van der Waals surface area contributed by atoms with Gasteiger partial charge in [0, 0.05) is 29.0 Å². The quantitative estimate of drug-likeness (QED) is 0.322. The molecule has 2 atom stereocenters. The largest absolute Gasteiger partial charge is 0.351 e. The summed E-state index contributed by atoms with van der Waals surface area (Å²) in [7, 11) is 0. The molecule has 0 radical (unpaired) electrons. The van der Waals surface area contributed by atoms with Gasteiger partial charge in [-0.05, 0) is 118 Å². The van der Waals surface area contributed by atoms with E-state index in [1.54, 1.807) is 0 Å². The van der Waals surface area contributed by atoms with Crippen molar-refractivity contribution < 1.29 is 0 Å². The topological polar surface area (TPSA) is 33.1 Å². The van der Waals surface area contributed by atoms with Crippen LogP contribution in [0.2, 0.25) is 0 Å². The average molecular weight is 481 g/mol. The monoisotopic (exact) mass is 480 g/mol. The number of hydrogen-bond acceptors (Lipinski definition) is 2. The highest BCUT2D eigenvalue weighted by Gasteiger charge is 2.42. The first kappa shape index (κ1) is 23.3. The molecule has 0 spiro atoms. The molecular weight excluding hydrogens is 448 g/mol. The SMILES string of the molecule is Cc1ccc(C)c(-n2c(C)cc([C@@H]3[C@@H](c4ccccn4)NC(=S)N3c3ccc(C)c(C)c3)c2C)c1. The molecule has 3 heterocycles. The van der Waals surface area contributed by atoms with Crippen molar-refractivity contribution in [3.63, 3.8) is 0 Å². The smallest absolute Gasteiger partial charge is 0.174 e. The zero-order valence-electron chi connectivity index (χ0n) is 21.3. The fourth-order valence-electron chi connectivity index (χ4n) is 5.24. The van der Waals surface area contributed by atoms with Gasteiger partial charge in [0.25, 0.3) is 0 Å². The fraction of sp³-hybridized carbons (Fsp3) is 0.267. The second kappa shape index (κ2) is 8.97.